The van der Waals surface area contributed by atoms with Gasteiger partial charge in [-0.25, -0.2) is 4.79 Å². The number of hydrogen-bond acceptors (Lipinski definition) is 14. The monoisotopic (exact) mass is 970 g/mol. The molecule has 5 aliphatic rings. The van der Waals surface area contributed by atoms with Gasteiger partial charge in [-0.3, -0.25) is 19.2 Å². The van der Waals surface area contributed by atoms with E-state index in [1.54, 1.807) is 34.0 Å². The number of allylic oxidation sites excluding steroid dienone is 6. The second-order valence-corrected chi connectivity index (χ2v) is 21.1. The summed E-state index contributed by atoms with van der Waals surface area (Å²) >= 11 is 0. The molecule has 15 atom stereocenters. The van der Waals surface area contributed by atoms with Gasteiger partial charge in [0.25, 0.3) is 11.7 Å². The Labute approximate surface area is 410 Å². The second kappa shape index (κ2) is 26.3. The number of ether oxygens (including phenoxy) is 6. The van der Waals surface area contributed by atoms with Crippen molar-refractivity contribution in [2.45, 2.75) is 180 Å². The molecule has 15 heteroatoms. The fraction of sp³-hybridized carbons (Fsp3) is 0.759. The zero-order valence-electron chi connectivity index (χ0n) is 42.7. The van der Waals surface area contributed by atoms with E-state index in [0.29, 0.717) is 83.2 Å². The quantitative estimate of drug-likeness (QED) is 0.141. The Kier molecular flexibility index (Phi) is 21.6. The van der Waals surface area contributed by atoms with Crippen LogP contribution in [0.2, 0.25) is 0 Å². The van der Waals surface area contributed by atoms with Crippen molar-refractivity contribution in [2.24, 2.45) is 41.4 Å². The third kappa shape index (κ3) is 15.1. The highest BCUT2D eigenvalue weighted by Gasteiger charge is 2.53. The van der Waals surface area contributed by atoms with Gasteiger partial charge in [0, 0.05) is 57.3 Å². The number of fused-ring (bicyclic) bond motifs is 3. The number of cyclic esters (lactones) is 1. The number of aliphatic hydroxyl groups is 3. The molecule has 4 fully saturated rings. The molecule has 0 aromatic rings. The molecule has 388 valence electrons. The molecular weight excluding hydrogens is 887 g/mol. The Balaban J connectivity index is 1.47. The van der Waals surface area contributed by atoms with Crippen LogP contribution >= 0.6 is 0 Å². The van der Waals surface area contributed by atoms with Gasteiger partial charge in [0.05, 0.1) is 44.2 Å². The van der Waals surface area contributed by atoms with E-state index in [1.165, 1.54) is 12.0 Å². The van der Waals surface area contributed by atoms with Gasteiger partial charge in [-0.2, -0.15) is 0 Å². The summed E-state index contributed by atoms with van der Waals surface area (Å²) < 4.78 is 35.5. The normalized spacial score (nSPS) is 40.0. The lowest BCUT2D eigenvalue weighted by atomic mass is 9.78. The summed E-state index contributed by atoms with van der Waals surface area (Å²) in [6, 6.07) is -1.15. The maximum Gasteiger partial charge on any atom is 0.329 e. The van der Waals surface area contributed by atoms with Crippen molar-refractivity contribution in [1.82, 2.24) is 4.90 Å². The van der Waals surface area contributed by atoms with Crippen LogP contribution in [-0.2, 0) is 52.4 Å². The molecule has 0 radical (unpaired) electrons. The lowest BCUT2D eigenvalue weighted by Gasteiger charge is -2.43. The van der Waals surface area contributed by atoms with E-state index in [2.05, 4.69) is 0 Å². The van der Waals surface area contributed by atoms with Crippen LogP contribution in [-0.4, -0.2) is 145 Å². The maximum absolute atomic E-state index is 14.5. The van der Waals surface area contributed by atoms with Crippen LogP contribution in [0, 0.1) is 41.4 Å². The summed E-state index contributed by atoms with van der Waals surface area (Å²) in [5.41, 5.74) is 1.28. The summed E-state index contributed by atoms with van der Waals surface area (Å²) in [5.74, 6) is -7.78. The van der Waals surface area contributed by atoms with Gasteiger partial charge >= 0.3 is 5.97 Å². The lowest BCUT2D eigenvalue weighted by Crippen LogP contribution is -2.61. The molecule has 0 aromatic heterocycles. The molecule has 15 nitrogen and oxygen atoms in total. The number of rotatable bonds is 8. The van der Waals surface area contributed by atoms with Crippen LogP contribution in [0.4, 0.5) is 0 Å². The first-order valence-electron chi connectivity index (χ1n) is 25.6. The Hall–Kier alpha value is -3.41. The highest BCUT2D eigenvalue weighted by Crippen LogP contribution is 2.38. The van der Waals surface area contributed by atoms with E-state index in [-0.39, 0.29) is 60.7 Å². The van der Waals surface area contributed by atoms with E-state index < -0.39 is 83.9 Å². The van der Waals surface area contributed by atoms with Crippen LogP contribution in [0.5, 0.6) is 0 Å². The van der Waals surface area contributed by atoms with Crippen molar-refractivity contribution < 1.29 is 67.7 Å². The molecule has 5 rings (SSSR count). The van der Waals surface area contributed by atoms with E-state index in [4.69, 9.17) is 28.4 Å². The number of piperidine rings is 1. The molecule has 1 unspecified atom stereocenters. The van der Waals surface area contributed by atoms with Gasteiger partial charge in [0.15, 0.2) is 5.78 Å². The SMILES string of the molecule is CO[C@@H]1C[C@H](C[C@@H](C)[C@@H]2CC(=O)[C@H](C)/C=C(\C)[C@@H](O)[C@@H](OC)C(=O)[C@H](C)C[C@H](C)/C=C/C=C/C=C(\C)[C@H](OCC3COC3)C[C@@H]3CC[C@@H](C)[C@@](O)(O3)C(=O)C(=O)N3CCCCC3C(=O)O2)CC[C@H]1O. The summed E-state index contributed by atoms with van der Waals surface area (Å²) in [6.07, 6.45) is 11.2. The fourth-order valence-corrected chi connectivity index (χ4v) is 10.7. The van der Waals surface area contributed by atoms with Crippen molar-refractivity contribution in [3.63, 3.8) is 0 Å². The number of ketones is 3. The Morgan fingerprint density at radius 2 is 1.59 bits per heavy atom. The van der Waals surface area contributed by atoms with Gasteiger partial charge in [-0.1, -0.05) is 71.1 Å². The number of amides is 1. The highest BCUT2D eigenvalue weighted by molar-refractivity contribution is 6.39. The topological polar surface area (TPSA) is 205 Å². The summed E-state index contributed by atoms with van der Waals surface area (Å²) in [5, 5.41) is 34.1. The largest absolute Gasteiger partial charge is 0.460 e. The molecule has 69 heavy (non-hydrogen) atoms. The van der Waals surface area contributed by atoms with E-state index in [1.807, 2.05) is 58.1 Å². The van der Waals surface area contributed by atoms with Crippen LogP contribution < -0.4 is 0 Å². The van der Waals surface area contributed by atoms with Crippen LogP contribution in [0.25, 0.3) is 0 Å². The molecule has 3 saturated heterocycles. The summed E-state index contributed by atoms with van der Waals surface area (Å²) in [6.45, 7) is 14.5. The number of hydrogen-bond donors (Lipinski definition) is 3. The lowest BCUT2D eigenvalue weighted by molar-refractivity contribution is -0.266. The molecule has 0 aromatic carbocycles. The molecule has 4 aliphatic heterocycles. The second-order valence-electron chi connectivity index (χ2n) is 21.1. The average molecular weight is 970 g/mol. The molecular formula is C54H83NO14. The molecule has 1 aliphatic carbocycles. The predicted octanol–water partition coefficient (Wildman–Crippen LogP) is 6.20. The minimum Gasteiger partial charge on any atom is -0.460 e. The Bertz CT molecular complexity index is 1870. The van der Waals surface area contributed by atoms with Gasteiger partial charge in [-0.05, 0) is 107 Å². The first-order chi connectivity index (χ1) is 32.8. The number of Topliss-reactive ketones (excluding diaryl/α,β-unsaturated/α-hetero) is 3. The number of aliphatic hydroxyl groups excluding tert-OH is 2. The zero-order valence-corrected chi connectivity index (χ0v) is 42.7. The Morgan fingerprint density at radius 1 is 0.855 bits per heavy atom. The summed E-state index contributed by atoms with van der Waals surface area (Å²) in [7, 11) is 2.95. The Morgan fingerprint density at radius 3 is 2.28 bits per heavy atom. The van der Waals surface area contributed by atoms with Crippen molar-refractivity contribution in [3.8, 4) is 0 Å². The van der Waals surface area contributed by atoms with E-state index in [9.17, 15) is 39.3 Å². The maximum atomic E-state index is 14.5. The standard InChI is InChI=1S/C54H83NO14/c1-32-15-11-10-12-16-33(2)45(67-31-40-29-66-30-40)27-41-20-18-38(7)54(63,69-41)51(60)52(61)55-22-14-13-17-42(55)53(62)68-46(35(4)25-39-19-21-43(56)47(26-39)64-8)28-44(57)34(3)24-37(6)49(59)50(65-9)48(58)36(5)23-32/h10-12,15-16,24,32,34-36,38-43,45-47,49-50,56,59,63H,13-14,17-23,25-31H2,1-9H3/b12-10+,15-11+,33-16+,37-24+/t32-,34-,35-,36-,38-,39+,41+,42?,43-,45-,46+,47-,49-,50+,54-/m1/s1. The van der Waals surface area contributed by atoms with E-state index in [0.717, 1.165) is 12.0 Å². The van der Waals surface area contributed by atoms with Crippen LogP contribution in [0.3, 0.4) is 0 Å². The number of nitrogens with zero attached hydrogens (tertiary/aromatic N) is 1. The minimum absolute atomic E-state index is 0.00918. The average Bonchev–Trinajstić information content (AvgIpc) is 3.31. The summed E-state index contributed by atoms with van der Waals surface area (Å²) in [4.78, 5) is 72.3. The number of esters is 1. The highest BCUT2D eigenvalue weighted by atomic mass is 16.6. The third-order valence-electron chi connectivity index (χ3n) is 15.4. The smallest absolute Gasteiger partial charge is 0.329 e. The van der Waals surface area contributed by atoms with Gasteiger partial charge in [0.1, 0.15) is 30.1 Å². The zero-order chi connectivity index (χ0) is 50.6. The van der Waals surface area contributed by atoms with Gasteiger partial charge < -0.3 is 48.6 Å². The first-order valence-corrected chi connectivity index (χ1v) is 25.6. The van der Waals surface area contributed by atoms with Gasteiger partial charge in [-0.15, -0.1) is 0 Å². The van der Waals surface area contributed by atoms with Crippen molar-refractivity contribution in [1.29, 1.82) is 0 Å². The van der Waals surface area contributed by atoms with Crippen LogP contribution in [0.1, 0.15) is 126 Å². The number of carbonyl (C=O) groups is 5. The molecule has 3 N–H and O–H groups in total. The fourth-order valence-electron chi connectivity index (χ4n) is 10.7. The third-order valence-corrected chi connectivity index (χ3v) is 15.4. The van der Waals surface area contributed by atoms with Crippen LogP contribution in [0.15, 0.2) is 47.6 Å². The first kappa shape index (κ1) is 56.5. The number of methoxy groups -OCH3 is 2. The molecule has 0 spiro atoms. The molecule has 2 bridgehead atoms. The van der Waals surface area contributed by atoms with E-state index >= 15 is 0 Å². The number of carbonyl (C=O) groups excluding carboxylic acids is 5. The molecule has 4 heterocycles. The van der Waals surface area contributed by atoms with Gasteiger partial charge in [0.2, 0.25) is 5.79 Å². The van der Waals surface area contributed by atoms with Crippen molar-refractivity contribution >= 4 is 29.2 Å². The van der Waals surface area contributed by atoms with Crippen molar-refractivity contribution in [3.05, 3.63) is 47.6 Å². The predicted molar refractivity (Wildman–Crippen MR) is 258 cm³/mol. The molecule has 1 saturated carbocycles. The minimum atomic E-state index is -2.45. The molecule has 1 amide bonds. The van der Waals surface area contributed by atoms with Crippen molar-refractivity contribution in [2.75, 3.05) is 40.6 Å².